The molecule has 2 aromatic rings. The van der Waals surface area contributed by atoms with Gasteiger partial charge >= 0.3 is 0 Å². The van der Waals surface area contributed by atoms with Gasteiger partial charge in [-0.2, -0.15) is 4.98 Å². The van der Waals surface area contributed by atoms with Crippen molar-refractivity contribution < 1.29 is 4.74 Å². The van der Waals surface area contributed by atoms with Crippen LogP contribution < -0.4 is 10.5 Å². The van der Waals surface area contributed by atoms with E-state index in [0.717, 1.165) is 4.47 Å². The molecular formula is C8H9BrN4O. The Kier molecular flexibility index (Phi) is 2.28. The predicted molar refractivity (Wildman–Crippen MR) is 56.3 cm³/mol. The van der Waals surface area contributed by atoms with Crippen molar-refractivity contribution in [1.29, 1.82) is 0 Å². The molecule has 5 nitrogen and oxygen atoms in total. The van der Waals surface area contributed by atoms with Crippen molar-refractivity contribution in [1.82, 2.24) is 14.6 Å². The summed E-state index contributed by atoms with van der Waals surface area (Å²) >= 11 is 3.35. The van der Waals surface area contributed by atoms with E-state index < -0.39 is 0 Å². The van der Waals surface area contributed by atoms with Crippen LogP contribution in [0.3, 0.4) is 0 Å². The second kappa shape index (κ2) is 3.45. The van der Waals surface area contributed by atoms with E-state index in [4.69, 9.17) is 10.5 Å². The second-order valence-electron chi connectivity index (χ2n) is 2.69. The smallest absolute Gasteiger partial charge is 0.240 e. The summed E-state index contributed by atoms with van der Waals surface area (Å²) in [6.07, 6.45) is 1.78. The monoisotopic (exact) mass is 256 g/mol. The first-order valence-electron chi connectivity index (χ1n) is 4.15. The molecule has 2 N–H and O–H groups in total. The zero-order valence-corrected chi connectivity index (χ0v) is 9.15. The predicted octanol–water partition coefficient (Wildman–Crippen LogP) is 1.47. The van der Waals surface area contributed by atoms with Gasteiger partial charge in [0.05, 0.1) is 6.61 Å². The molecule has 0 aromatic carbocycles. The molecule has 2 rings (SSSR count). The van der Waals surface area contributed by atoms with E-state index in [1.165, 1.54) is 0 Å². The molecule has 0 saturated carbocycles. The number of pyridine rings is 1. The molecule has 6 heteroatoms. The lowest BCUT2D eigenvalue weighted by Gasteiger charge is -2.03. The van der Waals surface area contributed by atoms with E-state index in [1.807, 2.05) is 13.0 Å². The molecule has 0 saturated heterocycles. The number of ether oxygens (including phenoxy) is 1. The lowest BCUT2D eigenvalue weighted by atomic mass is 10.4. The molecule has 0 amide bonds. The Labute approximate surface area is 89.0 Å². The first-order valence-corrected chi connectivity index (χ1v) is 4.94. The SMILES string of the molecule is CCOc1cc(Br)cn2nc(N)nc12. The van der Waals surface area contributed by atoms with Crippen LogP contribution in [0.5, 0.6) is 5.75 Å². The van der Waals surface area contributed by atoms with E-state index in [0.29, 0.717) is 18.0 Å². The number of nitrogens with two attached hydrogens (primary N) is 1. The molecule has 0 aliphatic rings. The zero-order valence-electron chi connectivity index (χ0n) is 7.57. The highest BCUT2D eigenvalue weighted by atomic mass is 79.9. The van der Waals surface area contributed by atoms with Crippen LogP contribution in [0.25, 0.3) is 5.65 Å². The van der Waals surface area contributed by atoms with Crippen LogP contribution in [0.1, 0.15) is 6.92 Å². The van der Waals surface area contributed by atoms with Crippen LogP contribution in [0.4, 0.5) is 5.95 Å². The van der Waals surface area contributed by atoms with Gasteiger partial charge in [-0.3, -0.25) is 0 Å². The average molecular weight is 257 g/mol. The maximum Gasteiger partial charge on any atom is 0.240 e. The van der Waals surface area contributed by atoms with Crippen LogP contribution in [0.2, 0.25) is 0 Å². The Balaban J connectivity index is 2.66. The molecule has 0 aliphatic carbocycles. The maximum absolute atomic E-state index is 5.49. The minimum absolute atomic E-state index is 0.240. The molecular weight excluding hydrogens is 248 g/mol. The first kappa shape index (κ1) is 9.26. The van der Waals surface area contributed by atoms with Crippen LogP contribution >= 0.6 is 15.9 Å². The molecule has 0 atom stereocenters. The Morgan fingerprint density at radius 3 is 3.14 bits per heavy atom. The number of aromatic nitrogens is 3. The fourth-order valence-corrected chi connectivity index (χ4v) is 1.61. The van der Waals surface area contributed by atoms with Gasteiger partial charge in [0, 0.05) is 10.7 Å². The van der Waals surface area contributed by atoms with Crippen LogP contribution in [-0.2, 0) is 0 Å². The Hall–Kier alpha value is -1.30. The Morgan fingerprint density at radius 1 is 1.64 bits per heavy atom. The topological polar surface area (TPSA) is 65.4 Å². The third kappa shape index (κ3) is 1.52. The lowest BCUT2D eigenvalue weighted by Crippen LogP contribution is -1.96. The molecule has 0 bridgehead atoms. The van der Waals surface area contributed by atoms with Crippen molar-refractivity contribution in [3.63, 3.8) is 0 Å². The minimum atomic E-state index is 0.240. The maximum atomic E-state index is 5.49. The van der Waals surface area contributed by atoms with Gasteiger partial charge in [0.25, 0.3) is 0 Å². The van der Waals surface area contributed by atoms with Crippen molar-refractivity contribution >= 4 is 27.5 Å². The summed E-state index contributed by atoms with van der Waals surface area (Å²) in [7, 11) is 0. The van der Waals surface area contributed by atoms with Crippen LogP contribution in [0, 0.1) is 0 Å². The van der Waals surface area contributed by atoms with E-state index in [-0.39, 0.29) is 5.95 Å². The second-order valence-corrected chi connectivity index (χ2v) is 3.61. The highest BCUT2D eigenvalue weighted by molar-refractivity contribution is 9.10. The molecule has 2 aromatic heterocycles. The van der Waals surface area contributed by atoms with Gasteiger partial charge in [-0.25, -0.2) is 4.52 Å². The lowest BCUT2D eigenvalue weighted by molar-refractivity contribution is 0.342. The third-order valence-electron chi connectivity index (χ3n) is 1.68. The number of nitrogen functional groups attached to an aromatic ring is 1. The number of fused-ring (bicyclic) bond motifs is 1. The van der Waals surface area contributed by atoms with Crippen molar-refractivity contribution in [2.75, 3.05) is 12.3 Å². The van der Waals surface area contributed by atoms with Crippen molar-refractivity contribution in [3.05, 3.63) is 16.7 Å². The van der Waals surface area contributed by atoms with Gasteiger partial charge in [0.2, 0.25) is 5.95 Å². The largest absolute Gasteiger partial charge is 0.490 e. The third-order valence-corrected chi connectivity index (χ3v) is 2.12. The zero-order chi connectivity index (χ0) is 10.1. The van der Waals surface area contributed by atoms with Crippen molar-refractivity contribution in [2.24, 2.45) is 0 Å². The van der Waals surface area contributed by atoms with E-state index >= 15 is 0 Å². The highest BCUT2D eigenvalue weighted by Gasteiger charge is 2.08. The number of hydrogen-bond acceptors (Lipinski definition) is 4. The van der Waals surface area contributed by atoms with Crippen molar-refractivity contribution in [3.8, 4) is 5.75 Å². The molecule has 0 spiro atoms. The quantitative estimate of drug-likeness (QED) is 0.884. The number of halogens is 1. The number of rotatable bonds is 2. The normalized spacial score (nSPS) is 10.7. The Bertz CT molecular complexity index is 468. The fraction of sp³-hybridized carbons (Fsp3) is 0.250. The number of hydrogen-bond donors (Lipinski definition) is 1. The summed E-state index contributed by atoms with van der Waals surface area (Å²) in [5.74, 6) is 0.912. The van der Waals surface area contributed by atoms with Crippen LogP contribution in [-0.4, -0.2) is 21.2 Å². The van der Waals surface area contributed by atoms with E-state index in [1.54, 1.807) is 10.7 Å². The summed E-state index contributed by atoms with van der Waals surface area (Å²) in [6, 6.07) is 1.84. The van der Waals surface area contributed by atoms with Gasteiger partial charge in [-0.05, 0) is 28.9 Å². The fourth-order valence-electron chi connectivity index (χ4n) is 1.20. The summed E-state index contributed by atoms with van der Waals surface area (Å²) in [5.41, 5.74) is 6.12. The summed E-state index contributed by atoms with van der Waals surface area (Å²) in [4.78, 5) is 4.06. The van der Waals surface area contributed by atoms with Gasteiger partial charge < -0.3 is 10.5 Å². The summed E-state index contributed by atoms with van der Waals surface area (Å²) in [6.45, 7) is 2.50. The van der Waals surface area contributed by atoms with E-state index in [9.17, 15) is 0 Å². The molecule has 0 unspecified atom stereocenters. The number of nitrogens with zero attached hydrogens (tertiary/aromatic N) is 3. The molecule has 0 radical (unpaired) electrons. The van der Waals surface area contributed by atoms with Gasteiger partial charge in [0.1, 0.15) is 0 Å². The van der Waals surface area contributed by atoms with Crippen molar-refractivity contribution in [2.45, 2.75) is 6.92 Å². The average Bonchev–Trinajstić information content (AvgIpc) is 2.45. The van der Waals surface area contributed by atoms with Gasteiger partial charge in [-0.1, -0.05) is 0 Å². The first-order chi connectivity index (χ1) is 6.70. The van der Waals surface area contributed by atoms with Gasteiger partial charge in [0.15, 0.2) is 11.4 Å². The molecule has 74 valence electrons. The number of anilines is 1. The Morgan fingerprint density at radius 2 is 2.43 bits per heavy atom. The summed E-state index contributed by atoms with van der Waals surface area (Å²) < 4.78 is 7.87. The molecule has 2 heterocycles. The highest BCUT2D eigenvalue weighted by Crippen LogP contribution is 2.23. The van der Waals surface area contributed by atoms with E-state index in [2.05, 4.69) is 26.0 Å². The molecule has 14 heavy (non-hydrogen) atoms. The summed E-state index contributed by atoms with van der Waals surface area (Å²) in [5, 5.41) is 3.99. The standard InChI is InChI=1S/C8H9BrN4O/c1-2-14-6-3-5(9)4-13-7(6)11-8(10)12-13/h3-4H,2H2,1H3,(H2,10,12). The molecule has 0 aliphatic heterocycles. The van der Waals surface area contributed by atoms with Crippen LogP contribution in [0.15, 0.2) is 16.7 Å². The molecule has 0 fully saturated rings. The minimum Gasteiger partial charge on any atom is -0.490 e. The van der Waals surface area contributed by atoms with Gasteiger partial charge in [-0.15, -0.1) is 5.10 Å².